The van der Waals surface area contributed by atoms with Crippen LogP contribution in [0, 0.1) is 29.6 Å². The smallest absolute Gasteiger partial charge is 0.274 e. The number of fused-ring (bicyclic) bond motifs is 2. The number of anilines is 2. The number of nitriles is 1. The van der Waals surface area contributed by atoms with Crippen LogP contribution in [0.5, 0.6) is 0 Å². The van der Waals surface area contributed by atoms with Gasteiger partial charge in [0.05, 0.1) is 35.2 Å². The van der Waals surface area contributed by atoms with Crippen LogP contribution >= 0.6 is 0 Å². The lowest BCUT2D eigenvalue weighted by Crippen LogP contribution is -2.54. The number of nitrogens with zero attached hydrogens (tertiary/aromatic N) is 8. The molecule has 4 saturated heterocycles. The van der Waals surface area contributed by atoms with E-state index in [1.165, 1.54) is 0 Å². The maximum atomic E-state index is 13.5. The van der Waals surface area contributed by atoms with Gasteiger partial charge in [0, 0.05) is 70.2 Å². The number of benzene rings is 2. The minimum Gasteiger partial charge on any atom is -0.355 e. The number of aryl methyl sites for hydroxylation is 1. The molecule has 57 heavy (non-hydrogen) atoms. The number of amides is 5. The average molecular weight is 768 g/mol. The van der Waals surface area contributed by atoms with Gasteiger partial charge in [-0.05, 0) is 104 Å². The lowest BCUT2D eigenvalue weighted by molar-refractivity contribution is -0.136. The van der Waals surface area contributed by atoms with Gasteiger partial charge in [-0.1, -0.05) is 6.58 Å². The molecule has 6 aliphatic heterocycles. The summed E-state index contributed by atoms with van der Waals surface area (Å²) in [5.74, 6) is -0.890. The van der Waals surface area contributed by atoms with Gasteiger partial charge in [-0.2, -0.15) is 5.26 Å². The van der Waals surface area contributed by atoms with Crippen molar-refractivity contribution >= 4 is 41.0 Å². The number of imide groups is 2. The molecule has 14 heteroatoms. The zero-order chi connectivity index (χ0) is 39.6. The van der Waals surface area contributed by atoms with Crippen LogP contribution < -0.4 is 15.1 Å². The minimum atomic E-state index is -0.974. The SMILES string of the molecule is C=C1CC2(CCN(c3cnc(C(=O)N4CCC(CN5Cc6cc7c(cc6C5)C(=O)N(C5CCC(=O)NC5=O)C7=O)CC4)cn3)CC2)CN1c1ccc(C#N)c(C)c1. The van der Waals surface area contributed by atoms with Gasteiger partial charge in [-0.25, -0.2) is 9.97 Å². The van der Waals surface area contributed by atoms with Gasteiger partial charge in [-0.3, -0.25) is 39.1 Å². The highest BCUT2D eigenvalue weighted by molar-refractivity contribution is 6.23. The highest BCUT2D eigenvalue weighted by Crippen LogP contribution is 2.47. The van der Waals surface area contributed by atoms with Crippen molar-refractivity contribution < 1.29 is 24.0 Å². The first-order chi connectivity index (χ1) is 27.5. The lowest BCUT2D eigenvalue weighted by atomic mass is 9.77. The van der Waals surface area contributed by atoms with Gasteiger partial charge in [0.15, 0.2) is 0 Å². The maximum absolute atomic E-state index is 13.5. The first-order valence-corrected chi connectivity index (χ1v) is 19.9. The van der Waals surface area contributed by atoms with Crippen molar-refractivity contribution in [2.75, 3.05) is 49.1 Å². The summed E-state index contributed by atoms with van der Waals surface area (Å²) in [4.78, 5) is 83.2. The number of nitrogens with one attached hydrogen (secondary N) is 1. The largest absolute Gasteiger partial charge is 0.355 e. The molecule has 6 aliphatic rings. The fraction of sp³-hybridized carbons (Fsp3) is 0.442. The quantitative estimate of drug-likeness (QED) is 0.362. The number of rotatable bonds is 6. The topological polar surface area (TPSA) is 163 Å². The number of hydrogen-bond acceptors (Lipinski definition) is 11. The van der Waals surface area contributed by atoms with Crippen LogP contribution in [-0.4, -0.2) is 99.5 Å². The molecule has 1 aromatic heterocycles. The van der Waals surface area contributed by atoms with Crippen LogP contribution in [0.15, 0.2) is 55.0 Å². The van der Waals surface area contributed by atoms with E-state index < -0.39 is 29.7 Å². The van der Waals surface area contributed by atoms with Crippen molar-refractivity contribution in [3.8, 4) is 6.07 Å². The normalized spacial score (nSPS) is 22.3. The van der Waals surface area contributed by atoms with Crippen LogP contribution in [0.1, 0.15) is 98.4 Å². The van der Waals surface area contributed by atoms with Crippen LogP contribution in [-0.2, 0) is 22.7 Å². The number of carbonyl (C=O) groups is 5. The molecule has 0 radical (unpaired) electrons. The fourth-order valence-corrected chi connectivity index (χ4v) is 9.80. The molecular weight excluding hydrogens is 723 g/mol. The van der Waals surface area contributed by atoms with Gasteiger partial charge >= 0.3 is 0 Å². The molecule has 5 amide bonds. The van der Waals surface area contributed by atoms with E-state index in [1.807, 2.05) is 24.0 Å². The van der Waals surface area contributed by atoms with E-state index in [0.29, 0.717) is 54.5 Å². The zero-order valence-corrected chi connectivity index (χ0v) is 32.1. The number of likely N-dealkylation sites (tertiary alicyclic amines) is 1. The van der Waals surface area contributed by atoms with Crippen LogP contribution in [0.3, 0.4) is 0 Å². The van der Waals surface area contributed by atoms with Gasteiger partial charge in [-0.15, -0.1) is 0 Å². The summed E-state index contributed by atoms with van der Waals surface area (Å²) in [6.07, 6.45) is 8.24. The molecule has 1 N–H and O–H groups in total. The highest BCUT2D eigenvalue weighted by atomic mass is 16.2. The molecule has 7 heterocycles. The van der Waals surface area contributed by atoms with Crippen LogP contribution in [0.2, 0.25) is 0 Å². The molecule has 0 bridgehead atoms. The predicted octanol–water partition coefficient (Wildman–Crippen LogP) is 3.94. The summed E-state index contributed by atoms with van der Waals surface area (Å²) < 4.78 is 0. The van der Waals surface area contributed by atoms with Crippen molar-refractivity contribution in [2.45, 2.75) is 71.0 Å². The van der Waals surface area contributed by atoms with E-state index in [4.69, 9.17) is 0 Å². The second-order valence-electron chi connectivity index (χ2n) is 16.7. The van der Waals surface area contributed by atoms with E-state index in [1.54, 1.807) is 24.5 Å². The van der Waals surface area contributed by atoms with Crippen LogP contribution in [0.25, 0.3) is 0 Å². The molecule has 3 aromatic rings. The van der Waals surface area contributed by atoms with Gasteiger partial charge in [0.25, 0.3) is 17.7 Å². The Morgan fingerprint density at radius 1 is 0.947 bits per heavy atom. The van der Waals surface area contributed by atoms with Gasteiger partial charge < -0.3 is 14.7 Å². The Morgan fingerprint density at radius 2 is 1.65 bits per heavy atom. The number of aromatic nitrogens is 2. The van der Waals surface area contributed by atoms with E-state index in [9.17, 15) is 29.2 Å². The van der Waals surface area contributed by atoms with Crippen molar-refractivity contribution in [3.05, 3.63) is 94.1 Å². The number of piperidine rings is 3. The molecule has 0 aliphatic carbocycles. The molecule has 1 unspecified atom stereocenters. The first-order valence-electron chi connectivity index (χ1n) is 19.9. The summed E-state index contributed by atoms with van der Waals surface area (Å²) in [5.41, 5.74) is 7.02. The molecule has 0 saturated carbocycles. The predicted molar refractivity (Wildman–Crippen MR) is 209 cm³/mol. The summed E-state index contributed by atoms with van der Waals surface area (Å²) >= 11 is 0. The molecule has 2 aromatic carbocycles. The number of hydrogen-bond donors (Lipinski definition) is 1. The molecule has 292 valence electrons. The van der Waals surface area contributed by atoms with Crippen molar-refractivity contribution in [1.82, 2.24) is 30.0 Å². The fourth-order valence-electron chi connectivity index (χ4n) is 9.80. The third-order valence-corrected chi connectivity index (χ3v) is 13.1. The third-order valence-electron chi connectivity index (χ3n) is 13.1. The highest BCUT2D eigenvalue weighted by Gasteiger charge is 2.46. The average Bonchev–Trinajstić information content (AvgIpc) is 3.84. The van der Waals surface area contributed by atoms with E-state index >= 15 is 0 Å². The molecule has 1 atom stereocenters. The number of allylic oxidation sites excluding steroid dienone is 1. The van der Waals surface area contributed by atoms with E-state index in [2.05, 4.69) is 48.7 Å². The Kier molecular flexibility index (Phi) is 9.15. The maximum Gasteiger partial charge on any atom is 0.274 e. The van der Waals surface area contributed by atoms with Gasteiger partial charge in [0.2, 0.25) is 11.8 Å². The first kappa shape index (κ1) is 36.7. The van der Waals surface area contributed by atoms with Crippen molar-refractivity contribution in [1.29, 1.82) is 5.26 Å². The summed E-state index contributed by atoms with van der Waals surface area (Å²) in [6, 6.07) is 10.9. The van der Waals surface area contributed by atoms with Crippen LogP contribution in [0.4, 0.5) is 11.5 Å². The Balaban J connectivity index is 0.746. The summed E-state index contributed by atoms with van der Waals surface area (Å²) in [5, 5.41) is 11.6. The van der Waals surface area contributed by atoms with E-state index in [0.717, 1.165) is 97.1 Å². The Hall–Kier alpha value is -5.94. The zero-order valence-electron chi connectivity index (χ0n) is 32.1. The molecule has 14 nitrogen and oxygen atoms in total. The lowest BCUT2D eigenvalue weighted by Gasteiger charge is -2.39. The summed E-state index contributed by atoms with van der Waals surface area (Å²) in [7, 11) is 0. The Bertz CT molecular complexity index is 2220. The molecule has 1 spiro atoms. The standard InChI is InChI=1S/C43H45N9O5/c1-26-15-32(4-3-29(26)19-44)51-25-43(18-27(51)2)9-13-49(14-10-43)37-21-45-35(20-46-37)42(57)50-11-7-28(8-12-50)22-48-23-30-16-33-34(17-31(30)24-48)41(56)52(40(33)55)36-5-6-38(53)47-39(36)54/h3-4,15-17,20-21,28,36H,2,5-14,18,22-25H2,1H3,(H,47,53,54). The molecule has 4 fully saturated rings. The second-order valence-corrected chi connectivity index (χ2v) is 16.7. The Morgan fingerprint density at radius 3 is 2.26 bits per heavy atom. The monoisotopic (exact) mass is 767 g/mol. The third kappa shape index (κ3) is 6.63. The van der Waals surface area contributed by atoms with E-state index in [-0.39, 0.29) is 24.2 Å². The van der Waals surface area contributed by atoms with Crippen molar-refractivity contribution in [2.24, 2.45) is 11.3 Å². The Labute approximate surface area is 331 Å². The van der Waals surface area contributed by atoms with Crippen molar-refractivity contribution in [3.63, 3.8) is 0 Å². The molecule has 9 rings (SSSR count). The number of carbonyl (C=O) groups excluding carboxylic acids is 5. The summed E-state index contributed by atoms with van der Waals surface area (Å²) in [6.45, 7) is 12.4. The minimum absolute atomic E-state index is 0.0885. The van der Waals surface area contributed by atoms with Gasteiger partial charge in [0.1, 0.15) is 17.6 Å². The molecular formula is C43H45N9O5. The second kappa shape index (κ2) is 14.2.